The lowest BCUT2D eigenvalue weighted by Gasteiger charge is -2.26. The predicted molar refractivity (Wildman–Crippen MR) is 110 cm³/mol. The van der Waals surface area contributed by atoms with Crippen LogP contribution in [0.2, 0.25) is 0 Å². The van der Waals surface area contributed by atoms with Gasteiger partial charge in [-0.25, -0.2) is 0 Å². The molecule has 1 N–H and O–H groups in total. The molecule has 25 heavy (non-hydrogen) atoms. The Labute approximate surface area is 157 Å². The Morgan fingerprint density at radius 2 is 1.48 bits per heavy atom. The van der Waals surface area contributed by atoms with E-state index < -0.39 is 0 Å². The summed E-state index contributed by atoms with van der Waals surface area (Å²) >= 11 is 0. The van der Waals surface area contributed by atoms with Crippen molar-refractivity contribution < 1.29 is 4.79 Å². The number of unbranched alkanes of at least 4 members (excludes halogenated alkanes) is 10. The molecule has 0 aromatic carbocycles. The Bertz CT molecular complexity index is 315. The highest BCUT2D eigenvalue weighted by atomic mass is 16.1. The molecule has 1 rings (SSSR count). The van der Waals surface area contributed by atoms with Gasteiger partial charge in [0.2, 0.25) is 5.91 Å². The van der Waals surface area contributed by atoms with Gasteiger partial charge in [0.05, 0.1) is 0 Å². The summed E-state index contributed by atoms with van der Waals surface area (Å²) in [6.07, 6.45) is 22.3. The summed E-state index contributed by atoms with van der Waals surface area (Å²) in [6.45, 7) is 5.52. The summed E-state index contributed by atoms with van der Waals surface area (Å²) in [6, 6.07) is 0. The Morgan fingerprint density at radius 3 is 2.08 bits per heavy atom. The maximum absolute atomic E-state index is 11.9. The number of hydrogen-bond acceptors (Lipinski definition) is 1. The molecule has 2 heteroatoms. The molecule has 0 spiro atoms. The summed E-state index contributed by atoms with van der Waals surface area (Å²) in [4.78, 5) is 11.9. The van der Waals surface area contributed by atoms with E-state index in [2.05, 4.69) is 19.2 Å². The smallest absolute Gasteiger partial charge is 0.220 e. The van der Waals surface area contributed by atoms with Gasteiger partial charge < -0.3 is 5.32 Å². The van der Waals surface area contributed by atoms with Gasteiger partial charge in [0.25, 0.3) is 0 Å². The number of amides is 1. The minimum atomic E-state index is 0.283. The van der Waals surface area contributed by atoms with Gasteiger partial charge in [-0.15, -0.1) is 0 Å². The van der Waals surface area contributed by atoms with Gasteiger partial charge in [-0.05, 0) is 31.1 Å². The van der Waals surface area contributed by atoms with E-state index >= 15 is 0 Å². The largest absolute Gasteiger partial charge is 0.356 e. The minimum Gasteiger partial charge on any atom is -0.356 e. The molecular formula is C23H45NO. The Morgan fingerprint density at radius 1 is 0.880 bits per heavy atom. The molecule has 2 nitrogen and oxygen atoms in total. The highest BCUT2D eigenvalue weighted by Crippen LogP contribution is 2.31. The van der Waals surface area contributed by atoms with Crippen molar-refractivity contribution in [3.63, 3.8) is 0 Å². The van der Waals surface area contributed by atoms with Gasteiger partial charge in [0, 0.05) is 13.0 Å². The maximum Gasteiger partial charge on any atom is 0.220 e. The Kier molecular flexibility index (Phi) is 14.1. The quantitative estimate of drug-likeness (QED) is 0.315. The molecule has 0 aromatic rings. The zero-order valence-electron chi connectivity index (χ0n) is 17.3. The van der Waals surface area contributed by atoms with Crippen LogP contribution in [0.3, 0.4) is 0 Å². The van der Waals surface area contributed by atoms with E-state index in [1.807, 2.05) is 0 Å². The van der Waals surface area contributed by atoms with Gasteiger partial charge in [-0.3, -0.25) is 4.79 Å². The summed E-state index contributed by atoms with van der Waals surface area (Å²) in [5.74, 6) is 1.96. The lowest BCUT2D eigenvalue weighted by atomic mass is 9.80. The summed E-state index contributed by atoms with van der Waals surface area (Å²) in [5.41, 5.74) is 0. The molecule has 148 valence electrons. The van der Waals surface area contributed by atoms with Crippen LogP contribution in [0.1, 0.15) is 123 Å². The van der Waals surface area contributed by atoms with Crippen LogP contribution in [0.5, 0.6) is 0 Å². The van der Waals surface area contributed by atoms with Crippen molar-refractivity contribution >= 4 is 5.91 Å². The van der Waals surface area contributed by atoms with E-state index in [-0.39, 0.29) is 5.91 Å². The van der Waals surface area contributed by atoms with Crippen LogP contribution in [-0.4, -0.2) is 12.5 Å². The fourth-order valence-electron chi connectivity index (χ4n) is 4.26. The second-order valence-corrected chi connectivity index (χ2v) is 8.56. The molecule has 0 heterocycles. The molecule has 0 bridgehead atoms. The SMILES string of the molecule is CCCCCCCCCCCCCNC(=O)CCC1CCCC(C)C1. The normalized spacial score (nSPS) is 20.6. The third-order valence-corrected chi connectivity index (χ3v) is 5.93. The molecule has 1 saturated carbocycles. The van der Waals surface area contributed by atoms with E-state index in [4.69, 9.17) is 0 Å². The summed E-state index contributed by atoms with van der Waals surface area (Å²) in [5, 5.41) is 3.13. The molecule has 1 aliphatic rings. The van der Waals surface area contributed by atoms with Crippen molar-refractivity contribution in [1.82, 2.24) is 5.32 Å². The molecule has 1 amide bonds. The lowest BCUT2D eigenvalue weighted by Crippen LogP contribution is -2.25. The molecular weight excluding hydrogens is 306 g/mol. The molecule has 1 fully saturated rings. The van der Waals surface area contributed by atoms with Crippen molar-refractivity contribution in [1.29, 1.82) is 0 Å². The number of carbonyl (C=O) groups excluding carboxylic acids is 1. The van der Waals surface area contributed by atoms with Crippen LogP contribution in [-0.2, 0) is 4.79 Å². The highest BCUT2D eigenvalue weighted by Gasteiger charge is 2.19. The van der Waals surface area contributed by atoms with Crippen LogP contribution in [0.15, 0.2) is 0 Å². The van der Waals surface area contributed by atoms with Gasteiger partial charge in [-0.2, -0.15) is 0 Å². The second-order valence-electron chi connectivity index (χ2n) is 8.56. The Hall–Kier alpha value is -0.530. The van der Waals surface area contributed by atoms with Crippen LogP contribution in [0.25, 0.3) is 0 Å². The first-order chi connectivity index (χ1) is 12.2. The monoisotopic (exact) mass is 351 g/mol. The van der Waals surface area contributed by atoms with E-state index in [0.29, 0.717) is 0 Å². The highest BCUT2D eigenvalue weighted by molar-refractivity contribution is 5.75. The van der Waals surface area contributed by atoms with Crippen LogP contribution in [0.4, 0.5) is 0 Å². The molecule has 0 saturated heterocycles. The average Bonchev–Trinajstić information content (AvgIpc) is 2.61. The topological polar surface area (TPSA) is 29.1 Å². The van der Waals surface area contributed by atoms with E-state index in [0.717, 1.165) is 37.6 Å². The van der Waals surface area contributed by atoms with Crippen LogP contribution >= 0.6 is 0 Å². The first-order valence-electron chi connectivity index (χ1n) is 11.5. The summed E-state index contributed by atoms with van der Waals surface area (Å²) in [7, 11) is 0. The number of carbonyl (C=O) groups is 1. The lowest BCUT2D eigenvalue weighted by molar-refractivity contribution is -0.121. The van der Waals surface area contributed by atoms with Crippen molar-refractivity contribution in [3.8, 4) is 0 Å². The molecule has 1 aliphatic carbocycles. The zero-order valence-corrected chi connectivity index (χ0v) is 17.3. The molecule has 0 aliphatic heterocycles. The van der Waals surface area contributed by atoms with Crippen molar-refractivity contribution in [3.05, 3.63) is 0 Å². The molecule has 2 atom stereocenters. The van der Waals surface area contributed by atoms with Crippen LogP contribution < -0.4 is 5.32 Å². The van der Waals surface area contributed by atoms with Crippen molar-refractivity contribution in [2.24, 2.45) is 11.8 Å². The summed E-state index contributed by atoms with van der Waals surface area (Å²) < 4.78 is 0. The minimum absolute atomic E-state index is 0.283. The van der Waals surface area contributed by atoms with E-state index in [9.17, 15) is 4.79 Å². The van der Waals surface area contributed by atoms with Crippen LogP contribution in [0, 0.1) is 11.8 Å². The zero-order chi connectivity index (χ0) is 18.2. The third-order valence-electron chi connectivity index (χ3n) is 5.93. The number of rotatable bonds is 15. The standard InChI is InChI=1S/C23H45NO/c1-3-4-5-6-7-8-9-10-11-12-13-19-24-23(25)18-17-22-16-14-15-21(2)20-22/h21-22H,3-20H2,1-2H3,(H,24,25). The average molecular weight is 352 g/mol. The third kappa shape index (κ3) is 13.3. The number of nitrogens with one attached hydrogen (secondary N) is 1. The predicted octanol–water partition coefficient (Wildman–Crippen LogP) is 7.02. The fraction of sp³-hybridized carbons (Fsp3) is 0.957. The van der Waals surface area contributed by atoms with E-state index in [1.54, 1.807) is 0 Å². The van der Waals surface area contributed by atoms with Gasteiger partial charge in [0.15, 0.2) is 0 Å². The number of hydrogen-bond donors (Lipinski definition) is 1. The van der Waals surface area contributed by atoms with Gasteiger partial charge in [-0.1, -0.05) is 97.3 Å². The van der Waals surface area contributed by atoms with E-state index in [1.165, 1.54) is 89.9 Å². The first-order valence-corrected chi connectivity index (χ1v) is 11.5. The van der Waals surface area contributed by atoms with Crippen molar-refractivity contribution in [2.75, 3.05) is 6.54 Å². The molecule has 0 aromatic heterocycles. The molecule has 2 unspecified atom stereocenters. The fourth-order valence-corrected chi connectivity index (χ4v) is 4.26. The second kappa shape index (κ2) is 15.7. The van der Waals surface area contributed by atoms with Crippen molar-refractivity contribution in [2.45, 2.75) is 123 Å². The van der Waals surface area contributed by atoms with Gasteiger partial charge in [0.1, 0.15) is 0 Å². The molecule has 0 radical (unpaired) electrons. The maximum atomic E-state index is 11.9. The first kappa shape index (κ1) is 22.5. The Balaban J connectivity index is 1.80. The van der Waals surface area contributed by atoms with Gasteiger partial charge >= 0.3 is 0 Å².